The van der Waals surface area contributed by atoms with Gasteiger partial charge in [0, 0.05) is 12.0 Å². The zero-order valence-corrected chi connectivity index (χ0v) is 9.45. The van der Waals surface area contributed by atoms with Crippen molar-refractivity contribution < 1.29 is 4.84 Å². The highest BCUT2D eigenvalue weighted by molar-refractivity contribution is 5.83. The molecule has 1 aliphatic rings. The predicted molar refractivity (Wildman–Crippen MR) is 62.9 cm³/mol. The fourth-order valence-corrected chi connectivity index (χ4v) is 1.96. The Morgan fingerprint density at radius 3 is 2.94 bits per heavy atom. The number of aromatic nitrogens is 3. The van der Waals surface area contributed by atoms with E-state index in [1.165, 1.54) is 6.33 Å². The van der Waals surface area contributed by atoms with Crippen molar-refractivity contribution in [1.29, 1.82) is 0 Å². The van der Waals surface area contributed by atoms with Crippen molar-refractivity contribution >= 4 is 5.71 Å². The van der Waals surface area contributed by atoms with Gasteiger partial charge in [0.05, 0.1) is 11.4 Å². The van der Waals surface area contributed by atoms with E-state index in [-0.39, 0.29) is 6.10 Å². The van der Waals surface area contributed by atoms with Gasteiger partial charge in [0.25, 0.3) is 0 Å². The maximum absolute atomic E-state index is 5.42. The van der Waals surface area contributed by atoms with Crippen molar-refractivity contribution in [1.82, 2.24) is 14.8 Å². The van der Waals surface area contributed by atoms with E-state index in [1.807, 2.05) is 31.2 Å². The molecular weight excluding hydrogens is 216 g/mol. The molecule has 0 fully saturated rings. The summed E-state index contributed by atoms with van der Waals surface area (Å²) in [5.74, 6) is 0. The van der Waals surface area contributed by atoms with Gasteiger partial charge >= 0.3 is 0 Å². The molecule has 86 valence electrons. The van der Waals surface area contributed by atoms with Gasteiger partial charge in [0.1, 0.15) is 12.7 Å². The Kier molecular flexibility index (Phi) is 2.36. The molecule has 1 aromatic carbocycles. The summed E-state index contributed by atoms with van der Waals surface area (Å²) in [6.45, 7) is 1.97. The van der Waals surface area contributed by atoms with Gasteiger partial charge < -0.3 is 4.84 Å². The fraction of sp³-hybridized carbons (Fsp3) is 0.250. The summed E-state index contributed by atoms with van der Waals surface area (Å²) in [6.07, 6.45) is 4.01. The number of hydrogen-bond donors (Lipinski definition) is 0. The number of benzene rings is 1. The van der Waals surface area contributed by atoms with E-state index in [1.54, 1.807) is 11.0 Å². The molecule has 1 atom stereocenters. The van der Waals surface area contributed by atoms with E-state index in [2.05, 4.69) is 15.2 Å². The van der Waals surface area contributed by atoms with Crippen LogP contribution in [0.5, 0.6) is 0 Å². The van der Waals surface area contributed by atoms with Crippen molar-refractivity contribution in [2.75, 3.05) is 0 Å². The SMILES string of the molecule is CC1=NO[C@@H](c2ccccc2-n2cncn2)C1. The molecule has 5 nitrogen and oxygen atoms in total. The van der Waals surface area contributed by atoms with Gasteiger partial charge in [-0.25, -0.2) is 9.67 Å². The van der Waals surface area contributed by atoms with Crippen LogP contribution in [0.3, 0.4) is 0 Å². The predicted octanol–water partition coefficient (Wildman–Crippen LogP) is 2.10. The van der Waals surface area contributed by atoms with E-state index >= 15 is 0 Å². The lowest BCUT2D eigenvalue weighted by molar-refractivity contribution is 0.0856. The van der Waals surface area contributed by atoms with Gasteiger partial charge in [-0.1, -0.05) is 23.4 Å². The molecule has 0 amide bonds. The number of para-hydroxylation sites is 1. The summed E-state index contributed by atoms with van der Waals surface area (Å²) in [5, 5.41) is 8.14. The fourth-order valence-electron chi connectivity index (χ4n) is 1.96. The third-order valence-electron chi connectivity index (χ3n) is 2.77. The van der Waals surface area contributed by atoms with Crippen LogP contribution in [-0.4, -0.2) is 20.5 Å². The van der Waals surface area contributed by atoms with Crippen molar-refractivity contribution in [3.05, 3.63) is 42.5 Å². The lowest BCUT2D eigenvalue weighted by Gasteiger charge is -2.13. The van der Waals surface area contributed by atoms with Gasteiger partial charge in [-0.3, -0.25) is 0 Å². The Bertz CT molecular complexity index is 547. The second kappa shape index (κ2) is 4.01. The van der Waals surface area contributed by atoms with E-state index < -0.39 is 0 Å². The van der Waals surface area contributed by atoms with Crippen molar-refractivity contribution in [2.45, 2.75) is 19.4 Å². The molecule has 0 aliphatic carbocycles. The minimum absolute atomic E-state index is 0.0181. The average Bonchev–Trinajstić information content (AvgIpc) is 3.00. The minimum Gasteiger partial charge on any atom is -0.387 e. The quantitative estimate of drug-likeness (QED) is 0.791. The second-order valence-corrected chi connectivity index (χ2v) is 4.02. The van der Waals surface area contributed by atoms with E-state index in [9.17, 15) is 0 Å². The largest absolute Gasteiger partial charge is 0.387 e. The molecule has 2 heterocycles. The van der Waals surface area contributed by atoms with E-state index in [4.69, 9.17) is 4.84 Å². The van der Waals surface area contributed by atoms with Crippen molar-refractivity contribution in [3.8, 4) is 5.69 Å². The molecule has 0 unspecified atom stereocenters. The standard InChI is InChI=1S/C12H12N4O/c1-9-6-12(17-15-9)10-4-2-3-5-11(10)16-8-13-7-14-16/h2-5,7-8,12H,6H2,1H3/t12-/m1/s1. The first kappa shape index (κ1) is 10.0. The second-order valence-electron chi connectivity index (χ2n) is 4.02. The molecule has 1 aromatic heterocycles. The Hall–Kier alpha value is -2.17. The normalized spacial score (nSPS) is 18.9. The summed E-state index contributed by atoms with van der Waals surface area (Å²) >= 11 is 0. The monoisotopic (exact) mass is 228 g/mol. The van der Waals surface area contributed by atoms with Crippen LogP contribution in [0.2, 0.25) is 0 Å². The van der Waals surface area contributed by atoms with Crippen molar-refractivity contribution in [3.63, 3.8) is 0 Å². The molecular formula is C12H12N4O. The third-order valence-corrected chi connectivity index (χ3v) is 2.77. The lowest BCUT2D eigenvalue weighted by Crippen LogP contribution is -2.05. The maximum Gasteiger partial charge on any atom is 0.159 e. The molecule has 5 heteroatoms. The Morgan fingerprint density at radius 1 is 1.35 bits per heavy atom. The van der Waals surface area contributed by atoms with Gasteiger partial charge in [0.15, 0.2) is 6.10 Å². The molecule has 0 radical (unpaired) electrons. The Morgan fingerprint density at radius 2 is 2.24 bits per heavy atom. The molecule has 0 saturated carbocycles. The van der Waals surface area contributed by atoms with Crippen LogP contribution in [-0.2, 0) is 4.84 Å². The average molecular weight is 228 g/mol. The number of rotatable bonds is 2. The van der Waals surface area contributed by atoms with Gasteiger partial charge in [-0.2, -0.15) is 5.10 Å². The number of hydrogen-bond acceptors (Lipinski definition) is 4. The summed E-state index contributed by atoms with van der Waals surface area (Å²) in [7, 11) is 0. The van der Waals surface area contributed by atoms with Crippen LogP contribution >= 0.6 is 0 Å². The molecule has 0 spiro atoms. The zero-order valence-electron chi connectivity index (χ0n) is 9.45. The van der Waals surface area contributed by atoms with Crippen LogP contribution in [0.15, 0.2) is 42.1 Å². The molecule has 2 aromatic rings. The topological polar surface area (TPSA) is 52.3 Å². The maximum atomic E-state index is 5.42. The first-order valence-corrected chi connectivity index (χ1v) is 5.48. The van der Waals surface area contributed by atoms with Crippen molar-refractivity contribution in [2.24, 2.45) is 5.16 Å². The molecule has 0 N–H and O–H groups in total. The van der Waals surface area contributed by atoms with Crippen LogP contribution in [0.4, 0.5) is 0 Å². The van der Waals surface area contributed by atoms with Gasteiger partial charge in [-0.15, -0.1) is 0 Å². The first-order chi connectivity index (χ1) is 8.34. The molecule has 0 saturated heterocycles. The zero-order chi connectivity index (χ0) is 11.7. The number of nitrogens with zero attached hydrogens (tertiary/aromatic N) is 4. The lowest BCUT2D eigenvalue weighted by atomic mass is 10.0. The first-order valence-electron chi connectivity index (χ1n) is 5.48. The summed E-state index contributed by atoms with van der Waals surface area (Å²) in [6, 6.07) is 8.01. The highest BCUT2D eigenvalue weighted by Crippen LogP contribution is 2.30. The summed E-state index contributed by atoms with van der Waals surface area (Å²) in [4.78, 5) is 9.38. The molecule has 0 bridgehead atoms. The van der Waals surface area contributed by atoms with Crippen LogP contribution in [0.1, 0.15) is 25.0 Å². The summed E-state index contributed by atoms with van der Waals surface area (Å²) in [5.41, 5.74) is 3.09. The smallest absolute Gasteiger partial charge is 0.159 e. The molecule has 17 heavy (non-hydrogen) atoms. The molecule has 3 rings (SSSR count). The van der Waals surface area contributed by atoms with E-state index in [0.717, 1.165) is 23.4 Å². The Balaban J connectivity index is 2.00. The minimum atomic E-state index is -0.0181. The van der Waals surface area contributed by atoms with Crippen LogP contribution < -0.4 is 0 Å². The van der Waals surface area contributed by atoms with Crippen LogP contribution in [0, 0.1) is 0 Å². The van der Waals surface area contributed by atoms with E-state index in [0.29, 0.717) is 0 Å². The highest BCUT2D eigenvalue weighted by atomic mass is 16.6. The third kappa shape index (κ3) is 1.80. The van der Waals surface area contributed by atoms with Gasteiger partial charge in [0.2, 0.25) is 0 Å². The highest BCUT2D eigenvalue weighted by Gasteiger charge is 2.23. The van der Waals surface area contributed by atoms with Crippen LogP contribution in [0.25, 0.3) is 5.69 Å². The Labute approximate surface area is 98.7 Å². The summed E-state index contributed by atoms with van der Waals surface area (Å²) < 4.78 is 1.74. The van der Waals surface area contributed by atoms with Gasteiger partial charge in [-0.05, 0) is 13.0 Å². The molecule has 1 aliphatic heterocycles. The number of oxime groups is 1.